The number of pyridine rings is 1. The van der Waals surface area contributed by atoms with Gasteiger partial charge in [-0.25, -0.2) is 8.78 Å². The minimum Gasteiger partial charge on any atom is -0.368 e. The molecule has 10 heteroatoms. The molecule has 176 valence electrons. The van der Waals surface area contributed by atoms with Crippen molar-refractivity contribution in [3.63, 3.8) is 0 Å². The lowest BCUT2D eigenvalue weighted by molar-refractivity contribution is -0.148. The number of amides is 1. The molecule has 1 aromatic carbocycles. The summed E-state index contributed by atoms with van der Waals surface area (Å²) in [5.41, 5.74) is 0.991. The van der Waals surface area contributed by atoms with Gasteiger partial charge in [0.25, 0.3) is 5.91 Å². The van der Waals surface area contributed by atoms with Crippen LogP contribution in [0.5, 0.6) is 0 Å². The molecule has 2 N–H and O–H groups in total. The molecule has 5 nitrogen and oxygen atoms in total. The maximum atomic E-state index is 14.0. The number of rotatable bonds is 4. The fraction of sp³-hybridized carbons (Fsp3) is 0.478. The van der Waals surface area contributed by atoms with Crippen molar-refractivity contribution < 1.29 is 26.7 Å². The molecule has 1 saturated carbocycles. The number of carbonyl (C=O) groups excluding carboxylic acids is 1. The molecule has 33 heavy (non-hydrogen) atoms. The number of hydrogen-bond donors (Lipinski definition) is 2. The molecule has 3 heterocycles. The first kappa shape index (κ1) is 22.1. The van der Waals surface area contributed by atoms with Gasteiger partial charge in [-0.1, -0.05) is 0 Å². The fourth-order valence-corrected chi connectivity index (χ4v) is 5.12. The van der Waals surface area contributed by atoms with Crippen molar-refractivity contribution in [2.75, 3.05) is 24.5 Å². The lowest BCUT2D eigenvalue weighted by atomic mass is 9.96. The van der Waals surface area contributed by atoms with E-state index in [9.17, 15) is 26.7 Å². The van der Waals surface area contributed by atoms with Crippen molar-refractivity contribution >= 4 is 11.6 Å². The average Bonchev–Trinajstić information content (AvgIpc) is 3.20. The van der Waals surface area contributed by atoms with Gasteiger partial charge in [0, 0.05) is 48.7 Å². The number of nitrogens with zero attached hydrogens (tertiary/aromatic N) is 2. The quantitative estimate of drug-likeness (QED) is 0.668. The fourth-order valence-electron chi connectivity index (χ4n) is 5.12. The van der Waals surface area contributed by atoms with Gasteiger partial charge in [0.2, 0.25) is 0 Å². The number of aromatic nitrogens is 1. The van der Waals surface area contributed by atoms with Gasteiger partial charge < -0.3 is 15.5 Å². The monoisotopic (exact) mass is 466 g/mol. The van der Waals surface area contributed by atoms with Gasteiger partial charge in [-0.05, 0) is 49.9 Å². The molecular formula is C23H23F5N4O. The number of carbonyl (C=O) groups is 1. The van der Waals surface area contributed by atoms with E-state index in [0.29, 0.717) is 24.3 Å². The number of nitrogens with one attached hydrogen (secondary N) is 2. The highest BCUT2D eigenvalue weighted by molar-refractivity contribution is 6.03. The maximum absolute atomic E-state index is 14.0. The molecule has 2 aromatic rings. The van der Waals surface area contributed by atoms with Gasteiger partial charge in [-0.2, -0.15) is 13.2 Å². The van der Waals surface area contributed by atoms with Crippen molar-refractivity contribution in [2.45, 2.75) is 43.4 Å². The van der Waals surface area contributed by atoms with Crippen LogP contribution in [-0.2, 0) is 0 Å². The average molecular weight is 466 g/mol. The summed E-state index contributed by atoms with van der Waals surface area (Å²) in [6, 6.07) is 2.09. The molecule has 2 saturated heterocycles. The first-order valence-corrected chi connectivity index (χ1v) is 11.0. The molecule has 1 amide bonds. The molecule has 1 aromatic heterocycles. The lowest BCUT2D eigenvalue weighted by Gasteiger charge is -2.28. The van der Waals surface area contributed by atoms with Crippen LogP contribution in [-0.4, -0.2) is 48.3 Å². The van der Waals surface area contributed by atoms with Gasteiger partial charge in [-0.3, -0.25) is 9.78 Å². The first-order valence-electron chi connectivity index (χ1n) is 11.0. The van der Waals surface area contributed by atoms with E-state index < -0.39 is 35.7 Å². The zero-order chi connectivity index (χ0) is 23.4. The number of alkyl halides is 3. The van der Waals surface area contributed by atoms with Crippen LogP contribution in [0.15, 0.2) is 30.6 Å². The Morgan fingerprint density at radius 3 is 2.55 bits per heavy atom. The Kier molecular flexibility index (Phi) is 5.30. The van der Waals surface area contributed by atoms with Crippen molar-refractivity contribution in [3.8, 4) is 11.1 Å². The van der Waals surface area contributed by atoms with Crippen LogP contribution < -0.4 is 15.5 Å². The lowest BCUT2D eigenvalue weighted by Crippen LogP contribution is -2.42. The highest BCUT2D eigenvalue weighted by atomic mass is 19.4. The number of hydrogen-bond acceptors (Lipinski definition) is 4. The van der Waals surface area contributed by atoms with Crippen molar-refractivity contribution in [2.24, 2.45) is 5.92 Å². The third kappa shape index (κ3) is 4.28. The van der Waals surface area contributed by atoms with Gasteiger partial charge in [0.15, 0.2) is 0 Å². The summed E-state index contributed by atoms with van der Waals surface area (Å²) in [7, 11) is 0. The Balaban J connectivity index is 1.52. The largest absolute Gasteiger partial charge is 0.393 e. The molecule has 1 spiro atoms. The van der Waals surface area contributed by atoms with Crippen LogP contribution in [0.3, 0.4) is 0 Å². The smallest absolute Gasteiger partial charge is 0.368 e. The highest BCUT2D eigenvalue weighted by Crippen LogP contribution is 2.45. The van der Waals surface area contributed by atoms with E-state index in [-0.39, 0.29) is 23.1 Å². The van der Waals surface area contributed by atoms with Crippen molar-refractivity contribution in [1.82, 2.24) is 15.6 Å². The second-order valence-electron chi connectivity index (χ2n) is 9.19. The zero-order valence-corrected chi connectivity index (χ0v) is 17.7. The third-order valence-corrected chi connectivity index (χ3v) is 6.87. The van der Waals surface area contributed by atoms with E-state index in [2.05, 4.69) is 15.6 Å². The standard InChI is InChI=1S/C23H23F5N4O/c24-14-6-13(7-15(25)8-14)16-10-29-11-17(21(33)31-19-9-18(19)23(26,27)28)20(16)32-5-3-22(12-32)2-1-4-30-22/h6-8,10-11,18-19,30H,1-5,9,12H2,(H,31,33)/t18-,19-,22+/m1/s1. The molecule has 0 bridgehead atoms. The summed E-state index contributed by atoms with van der Waals surface area (Å²) in [6.07, 6.45) is 1.03. The van der Waals surface area contributed by atoms with Crippen LogP contribution in [0.25, 0.3) is 11.1 Å². The summed E-state index contributed by atoms with van der Waals surface area (Å²) in [5, 5.41) is 5.98. The molecule has 2 aliphatic heterocycles. The molecule has 5 rings (SSSR count). The topological polar surface area (TPSA) is 57.3 Å². The van der Waals surface area contributed by atoms with E-state index >= 15 is 0 Å². The summed E-state index contributed by atoms with van der Waals surface area (Å²) >= 11 is 0. The van der Waals surface area contributed by atoms with Gasteiger partial charge >= 0.3 is 6.18 Å². The van der Waals surface area contributed by atoms with E-state index in [1.807, 2.05) is 4.90 Å². The predicted molar refractivity (Wildman–Crippen MR) is 112 cm³/mol. The van der Waals surface area contributed by atoms with Gasteiger partial charge in [-0.15, -0.1) is 0 Å². The molecule has 3 aliphatic rings. The summed E-state index contributed by atoms with van der Waals surface area (Å²) in [6.45, 7) is 2.06. The summed E-state index contributed by atoms with van der Waals surface area (Å²) in [4.78, 5) is 19.1. The minimum absolute atomic E-state index is 0.0973. The Morgan fingerprint density at radius 1 is 1.15 bits per heavy atom. The molecule has 3 fully saturated rings. The zero-order valence-electron chi connectivity index (χ0n) is 17.7. The number of halogens is 5. The van der Waals surface area contributed by atoms with Crippen LogP contribution in [0, 0.1) is 17.6 Å². The predicted octanol–water partition coefficient (Wildman–Crippen LogP) is 4.04. The van der Waals surface area contributed by atoms with Gasteiger partial charge in [0.05, 0.1) is 17.2 Å². The summed E-state index contributed by atoms with van der Waals surface area (Å²) < 4.78 is 66.8. The summed E-state index contributed by atoms with van der Waals surface area (Å²) in [5.74, 6) is -3.77. The normalized spacial score (nSPS) is 26.8. The number of benzene rings is 1. The van der Waals surface area contributed by atoms with Crippen LogP contribution in [0.2, 0.25) is 0 Å². The Hall–Kier alpha value is -2.75. The minimum atomic E-state index is -4.37. The maximum Gasteiger partial charge on any atom is 0.393 e. The highest BCUT2D eigenvalue weighted by Gasteiger charge is 2.56. The van der Waals surface area contributed by atoms with Crippen LogP contribution in [0.1, 0.15) is 36.0 Å². The second-order valence-corrected chi connectivity index (χ2v) is 9.19. The van der Waals surface area contributed by atoms with Gasteiger partial charge in [0.1, 0.15) is 11.6 Å². The van der Waals surface area contributed by atoms with Crippen molar-refractivity contribution in [3.05, 3.63) is 47.8 Å². The molecular weight excluding hydrogens is 443 g/mol. The number of anilines is 1. The second kappa shape index (κ2) is 7.93. The third-order valence-electron chi connectivity index (χ3n) is 6.87. The molecule has 0 radical (unpaired) electrons. The van der Waals surface area contributed by atoms with Crippen LogP contribution >= 0.6 is 0 Å². The Bertz CT molecular complexity index is 1060. The molecule has 0 unspecified atom stereocenters. The van der Waals surface area contributed by atoms with E-state index in [1.165, 1.54) is 12.4 Å². The SMILES string of the molecule is O=C(N[C@@H]1C[C@H]1C(F)(F)F)c1cncc(-c2cc(F)cc(F)c2)c1N1CC[C@@]2(CCCN2)C1. The Morgan fingerprint density at radius 2 is 1.91 bits per heavy atom. The Labute approximate surface area is 187 Å². The van der Waals surface area contributed by atoms with E-state index in [4.69, 9.17) is 0 Å². The molecule has 1 aliphatic carbocycles. The van der Waals surface area contributed by atoms with Crippen molar-refractivity contribution in [1.29, 1.82) is 0 Å². The van der Waals surface area contributed by atoms with E-state index in [1.54, 1.807) is 0 Å². The van der Waals surface area contributed by atoms with E-state index in [0.717, 1.165) is 44.0 Å². The molecule has 3 atom stereocenters. The first-order chi connectivity index (χ1) is 15.7. The van der Waals surface area contributed by atoms with Crippen LogP contribution in [0.4, 0.5) is 27.6 Å².